The lowest BCUT2D eigenvalue weighted by atomic mass is 10.2. The molecule has 2 aromatic carbocycles. The number of aromatic nitrogens is 2. The highest BCUT2D eigenvalue weighted by atomic mass is 32.1. The number of hydrogen-bond acceptors (Lipinski definition) is 3. The van der Waals surface area contributed by atoms with Crippen LogP contribution >= 0.6 is 11.3 Å². The molecule has 0 spiro atoms. The van der Waals surface area contributed by atoms with Crippen molar-refractivity contribution in [1.29, 1.82) is 0 Å². The number of fused-ring (bicyclic) bond motifs is 1. The Kier molecular flexibility index (Phi) is 4.14. The van der Waals surface area contributed by atoms with E-state index in [-0.39, 0.29) is 5.91 Å². The smallest absolute Gasteiger partial charge is 0.248 e. The van der Waals surface area contributed by atoms with Crippen molar-refractivity contribution in [1.82, 2.24) is 9.97 Å². The Labute approximate surface area is 148 Å². The third kappa shape index (κ3) is 3.51. The molecule has 4 rings (SSSR count). The number of benzene rings is 2. The minimum Gasteiger partial charge on any atom is -0.338 e. The van der Waals surface area contributed by atoms with E-state index in [4.69, 9.17) is 0 Å². The first-order valence-electron chi connectivity index (χ1n) is 7.86. The molecule has 2 N–H and O–H groups in total. The van der Waals surface area contributed by atoms with Gasteiger partial charge in [-0.25, -0.2) is 4.98 Å². The number of rotatable bonds is 4. The summed E-state index contributed by atoms with van der Waals surface area (Å²) < 4.78 is 0. The Balaban J connectivity index is 1.47. The predicted octanol–water partition coefficient (Wildman–Crippen LogP) is 4.94. The van der Waals surface area contributed by atoms with Gasteiger partial charge in [0, 0.05) is 22.2 Å². The fourth-order valence-electron chi connectivity index (χ4n) is 2.53. The number of anilines is 1. The van der Waals surface area contributed by atoms with Crippen LogP contribution in [0, 0.1) is 0 Å². The van der Waals surface area contributed by atoms with E-state index in [1.165, 1.54) is 0 Å². The molecule has 0 saturated heterocycles. The molecule has 1 amide bonds. The summed E-state index contributed by atoms with van der Waals surface area (Å²) in [5.74, 6) is 0.668. The second-order valence-electron chi connectivity index (χ2n) is 5.52. The summed E-state index contributed by atoms with van der Waals surface area (Å²) in [5.41, 5.74) is 3.67. The van der Waals surface area contributed by atoms with E-state index in [0.717, 1.165) is 33.0 Å². The van der Waals surface area contributed by atoms with Gasteiger partial charge in [-0.2, -0.15) is 0 Å². The lowest BCUT2D eigenvalue weighted by Gasteiger charge is -2.03. The van der Waals surface area contributed by atoms with Gasteiger partial charge in [-0.3, -0.25) is 4.79 Å². The van der Waals surface area contributed by atoms with Crippen LogP contribution in [-0.4, -0.2) is 15.9 Å². The number of aromatic amines is 1. The average Bonchev–Trinajstić information content (AvgIpc) is 3.30. The first kappa shape index (κ1) is 15.4. The topological polar surface area (TPSA) is 57.8 Å². The summed E-state index contributed by atoms with van der Waals surface area (Å²) in [6, 6.07) is 19.5. The molecule has 2 heterocycles. The number of nitrogens with zero attached hydrogens (tertiary/aromatic N) is 1. The zero-order chi connectivity index (χ0) is 17.1. The van der Waals surface area contributed by atoms with Gasteiger partial charge in [0.2, 0.25) is 5.91 Å². The van der Waals surface area contributed by atoms with Gasteiger partial charge in [0.1, 0.15) is 5.82 Å². The molecule has 25 heavy (non-hydrogen) atoms. The summed E-state index contributed by atoms with van der Waals surface area (Å²) >= 11 is 1.60. The molecule has 4 aromatic rings. The maximum absolute atomic E-state index is 12.0. The zero-order valence-corrected chi connectivity index (χ0v) is 14.1. The van der Waals surface area contributed by atoms with Crippen molar-refractivity contribution in [2.24, 2.45) is 0 Å². The van der Waals surface area contributed by atoms with E-state index in [2.05, 4.69) is 15.3 Å². The van der Waals surface area contributed by atoms with Gasteiger partial charge in [0.25, 0.3) is 0 Å². The number of amides is 1. The average molecular weight is 345 g/mol. The van der Waals surface area contributed by atoms with Crippen molar-refractivity contribution in [3.8, 4) is 11.4 Å². The van der Waals surface area contributed by atoms with Crippen LogP contribution in [0.1, 0.15) is 4.88 Å². The van der Waals surface area contributed by atoms with Gasteiger partial charge in [-0.1, -0.05) is 18.2 Å². The summed E-state index contributed by atoms with van der Waals surface area (Å²) in [4.78, 5) is 20.9. The Hall–Kier alpha value is -3.18. The molecule has 0 aliphatic carbocycles. The minimum absolute atomic E-state index is 0.148. The van der Waals surface area contributed by atoms with Gasteiger partial charge >= 0.3 is 0 Å². The summed E-state index contributed by atoms with van der Waals surface area (Å²) in [7, 11) is 0. The molecule has 0 aliphatic rings. The van der Waals surface area contributed by atoms with Crippen LogP contribution < -0.4 is 5.32 Å². The number of carbonyl (C=O) groups excluding carboxylic acids is 1. The highest BCUT2D eigenvalue weighted by Crippen LogP contribution is 2.22. The molecule has 0 radical (unpaired) electrons. The Bertz CT molecular complexity index is 997. The van der Waals surface area contributed by atoms with Crippen molar-refractivity contribution in [2.75, 3.05) is 5.32 Å². The van der Waals surface area contributed by atoms with Crippen LogP contribution in [0.2, 0.25) is 0 Å². The highest BCUT2D eigenvalue weighted by Gasteiger charge is 2.05. The highest BCUT2D eigenvalue weighted by molar-refractivity contribution is 7.10. The van der Waals surface area contributed by atoms with Gasteiger partial charge in [0.15, 0.2) is 0 Å². The minimum atomic E-state index is -0.148. The third-order valence-corrected chi connectivity index (χ3v) is 4.59. The Morgan fingerprint density at radius 2 is 1.88 bits per heavy atom. The van der Waals surface area contributed by atoms with E-state index >= 15 is 0 Å². The normalized spacial score (nSPS) is 11.2. The lowest BCUT2D eigenvalue weighted by Crippen LogP contribution is -2.07. The quantitative estimate of drug-likeness (QED) is 0.515. The maximum atomic E-state index is 12.0. The van der Waals surface area contributed by atoms with Crippen LogP contribution in [0.25, 0.3) is 28.5 Å². The fraction of sp³-hybridized carbons (Fsp3) is 0. The van der Waals surface area contributed by atoms with Gasteiger partial charge in [0.05, 0.1) is 11.0 Å². The number of H-pyrrole nitrogens is 1. The number of nitrogens with one attached hydrogen (secondary N) is 2. The van der Waals surface area contributed by atoms with E-state index < -0.39 is 0 Å². The molecular formula is C20H15N3OS. The van der Waals surface area contributed by atoms with Crippen molar-refractivity contribution in [2.45, 2.75) is 0 Å². The predicted molar refractivity (Wildman–Crippen MR) is 104 cm³/mol. The molecule has 2 aromatic heterocycles. The van der Waals surface area contributed by atoms with E-state index in [1.54, 1.807) is 17.4 Å². The third-order valence-electron chi connectivity index (χ3n) is 3.76. The molecule has 0 atom stereocenters. The van der Waals surface area contributed by atoms with Gasteiger partial charge < -0.3 is 10.3 Å². The number of carbonyl (C=O) groups is 1. The maximum Gasteiger partial charge on any atom is 0.248 e. The van der Waals surface area contributed by atoms with Gasteiger partial charge in [-0.05, 0) is 53.9 Å². The van der Waals surface area contributed by atoms with Crippen molar-refractivity contribution >= 4 is 40.0 Å². The van der Waals surface area contributed by atoms with Crippen LogP contribution in [0.5, 0.6) is 0 Å². The SMILES string of the molecule is O=C(/C=C/c1cccs1)Nc1ccc(-c2nc3ccccc3[nH]2)cc1. The van der Waals surface area contributed by atoms with Crippen molar-refractivity contribution in [3.05, 3.63) is 77.0 Å². The number of hydrogen-bond donors (Lipinski definition) is 2. The van der Waals surface area contributed by atoms with Crippen molar-refractivity contribution in [3.63, 3.8) is 0 Å². The first-order valence-corrected chi connectivity index (χ1v) is 8.74. The summed E-state index contributed by atoms with van der Waals surface area (Å²) in [6.45, 7) is 0. The van der Waals surface area contributed by atoms with E-state index in [0.29, 0.717) is 0 Å². The van der Waals surface area contributed by atoms with E-state index in [9.17, 15) is 4.79 Å². The fourth-order valence-corrected chi connectivity index (χ4v) is 3.15. The molecule has 0 bridgehead atoms. The molecule has 4 nitrogen and oxygen atoms in total. The largest absolute Gasteiger partial charge is 0.338 e. The van der Waals surface area contributed by atoms with Crippen LogP contribution in [0.15, 0.2) is 72.1 Å². The second-order valence-corrected chi connectivity index (χ2v) is 6.50. The number of thiophene rings is 1. The molecule has 0 unspecified atom stereocenters. The molecule has 0 aliphatic heterocycles. The number of imidazole rings is 1. The van der Waals surface area contributed by atoms with Crippen LogP contribution in [-0.2, 0) is 4.79 Å². The van der Waals surface area contributed by atoms with E-state index in [1.807, 2.05) is 72.1 Å². The standard InChI is InChI=1S/C20H15N3OS/c24-19(12-11-16-4-3-13-25-16)21-15-9-7-14(8-10-15)20-22-17-5-1-2-6-18(17)23-20/h1-13H,(H,21,24)(H,22,23)/b12-11+. The van der Waals surface area contributed by atoms with Crippen LogP contribution in [0.4, 0.5) is 5.69 Å². The Morgan fingerprint density at radius 3 is 2.64 bits per heavy atom. The second kappa shape index (κ2) is 6.75. The lowest BCUT2D eigenvalue weighted by molar-refractivity contribution is -0.111. The molecule has 122 valence electrons. The summed E-state index contributed by atoms with van der Waals surface area (Å²) in [6.07, 6.45) is 3.35. The molecule has 0 fully saturated rings. The van der Waals surface area contributed by atoms with Gasteiger partial charge in [-0.15, -0.1) is 11.3 Å². The summed E-state index contributed by atoms with van der Waals surface area (Å²) in [5, 5.41) is 4.84. The van der Waals surface area contributed by atoms with Crippen LogP contribution in [0.3, 0.4) is 0 Å². The van der Waals surface area contributed by atoms with Crippen molar-refractivity contribution < 1.29 is 4.79 Å². The first-order chi connectivity index (χ1) is 12.3. The molecule has 0 saturated carbocycles. The number of para-hydroxylation sites is 2. The molecular weight excluding hydrogens is 330 g/mol. The molecule has 5 heteroatoms. The Morgan fingerprint density at radius 1 is 1.04 bits per heavy atom. The monoisotopic (exact) mass is 345 g/mol. The zero-order valence-electron chi connectivity index (χ0n) is 13.3.